The molecule has 0 saturated heterocycles. The Bertz CT molecular complexity index is 578. The molecule has 0 aliphatic rings. The predicted octanol–water partition coefficient (Wildman–Crippen LogP) is 0.752. The Morgan fingerprint density at radius 2 is 1.95 bits per heavy atom. The van der Waals surface area contributed by atoms with E-state index in [0.717, 1.165) is 0 Å². The third-order valence-corrected chi connectivity index (χ3v) is 2.85. The minimum atomic E-state index is -5.07. The number of ether oxygens (including phenoxy) is 1. The number of halogens is 1. The molecule has 0 aliphatic heterocycles. The van der Waals surface area contributed by atoms with Gasteiger partial charge in [0.05, 0.1) is 19.8 Å². The zero-order valence-corrected chi connectivity index (χ0v) is 12.7. The molecule has 0 aromatic heterocycles. The molecule has 124 valence electrons. The number of rotatable bonds is 8. The van der Waals surface area contributed by atoms with Gasteiger partial charge in [0, 0.05) is 19.3 Å². The molecule has 8 nitrogen and oxygen atoms in total. The maximum Gasteiger partial charge on any atom is 0.488 e. The van der Waals surface area contributed by atoms with Crippen LogP contribution < -0.4 is 9.50 Å². The zero-order chi connectivity index (χ0) is 16.6. The smallest absolute Gasteiger partial charge is 0.394 e. The van der Waals surface area contributed by atoms with E-state index >= 15 is 0 Å². The second-order valence-corrected chi connectivity index (χ2v) is 5.14. The molecule has 2 N–H and O–H groups in total. The van der Waals surface area contributed by atoms with Gasteiger partial charge in [0.1, 0.15) is 5.75 Å². The van der Waals surface area contributed by atoms with Crippen LogP contribution >= 0.6 is 0 Å². The number of amides is 2. The minimum absolute atomic E-state index is 0.0844. The molecule has 1 aromatic rings. The fourth-order valence-electron chi connectivity index (χ4n) is 1.40. The number of aliphatic hydroxyl groups is 1. The number of nitrogens with zero attached hydrogens (tertiary/aromatic N) is 1. The van der Waals surface area contributed by atoms with E-state index in [1.54, 1.807) is 7.05 Å². The summed E-state index contributed by atoms with van der Waals surface area (Å²) in [5.74, 6) is -0.203. The maximum absolute atomic E-state index is 12.3. The van der Waals surface area contributed by atoms with E-state index in [-0.39, 0.29) is 25.6 Å². The highest BCUT2D eigenvalue weighted by Crippen LogP contribution is 2.18. The molecule has 2 amide bonds. The summed E-state index contributed by atoms with van der Waals surface area (Å²) in [6.45, 7) is 0.728. The minimum Gasteiger partial charge on any atom is -0.394 e. The quantitative estimate of drug-likeness (QED) is 0.536. The Hall–Kier alpha value is -1.91. The van der Waals surface area contributed by atoms with Gasteiger partial charge in [0.2, 0.25) is 0 Å². The molecule has 0 radical (unpaired) electrons. The summed E-state index contributed by atoms with van der Waals surface area (Å²) in [6, 6.07) is 4.75. The standard InChI is InChI=1S/C12H17FN2O6S/c1-15(6-8-20-9-7-16)12(17)14-10-2-4-11(5-3-10)21-22(13,18)19/h2-5,16H,6-9H2,1H3,(H,14,17). The number of aliphatic hydroxyl groups excluding tert-OH is 1. The average molecular weight is 336 g/mol. The second-order valence-electron chi connectivity index (χ2n) is 4.19. The van der Waals surface area contributed by atoms with Crippen molar-refractivity contribution < 1.29 is 31.1 Å². The van der Waals surface area contributed by atoms with Crippen LogP contribution in [0.25, 0.3) is 0 Å². The normalized spacial score (nSPS) is 11.0. The van der Waals surface area contributed by atoms with Crippen LogP contribution in [0.3, 0.4) is 0 Å². The molecule has 10 heteroatoms. The van der Waals surface area contributed by atoms with Crippen LogP contribution in [0.5, 0.6) is 5.75 Å². The molecule has 0 bridgehead atoms. The largest absolute Gasteiger partial charge is 0.488 e. The summed E-state index contributed by atoms with van der Waals surface area (Å²) in [4.78, 5) is 13.2. The number of urea groups is 1. The first-order chi connectivity index (χ1) is 10.3. The van der Waals surface area contributed by atoms with Gasteiger partial charge in [-0.25, -0.2) is 4.79 Å². The third kappa shape index (κ3) is 7.20. The van der Waals surface area contributed by atoms with Crippen LogP contribution in [0.1, 0.15) is 0 Å². The van der Waals surface area contributed by atoms with Crippen LogP contribution in [0.15, 0.2) is 24.3 Å². The molecular formula is C12H17FN2O6S. The molecule has 1 rings (SSSR count). The molecule has 22 heavy (non-hydrogen) atoms. The highest BCUT2D eigenvalue weighted by Gasteiger charge is 2.11. The number of likely N-dealkylation sites (N-methyl/N-ethyl adjacent to an activating group) is 1. The van der Waals surface area contributed by atoms with Gasteiger partial charge in [-0.3, -0.25) is 0 Å². The van der Waals surface area contributed by atoms with E-state index in [4.69, 9.17) is 9.84 Å². The Labute approximate surface area is 127 Å². The molecule has 0 atom stereocenters. The molecule has 0 unspecified atom stereocenters. The summed E-state index contributed by atoms with van der Waals surface area (Å²) in [6.07, 6.45) is 0. The Morgan fingerprint density at radius 1 is 1.32 bits per heavy atom. The van der Waals surface area contributed by atoms with E-state index in [0.29, 0.717) is 12.2 Å². The van der Waals surface area contributed by atoms with E-state index in [1.165, 1.54) is 29.2 Å². The monoisotopic (exact) mass is 336 g/mol. The van der Waals surface area contributed by atoms with Crippen molar-refractivity contribution >= 4 is 22.2 Å². The van der Waals surface area contributed by atoms with Crippen molar-refractivity contribution in [1.82, 2.24) is 4.90 Å². The molecule has 0 heterocycles. The van der Waals surface area contributed by atoms with Gasteiger partial charge in [-0.2, -0.15) is 8.42 Å². The third-order valence-electron chi connectivity index (χ3n) is 2.45. The summed E-state index contributed by atoms with van der Waals surface area (Å²) < 4.78 is 42.0. The van der Waals surface area contributed by atoms with Crippen LogP contribution in [0.2, 0.25) is 0 Å². The van der Waals surface area contributed by atoms with Crippen LogP contribution in [0, 0.1) is 0 Å². The van der Waals surface area contributed by atoms with Crippen LogP contribution in [-0.2, 0) is 15.2 Å². The van der Waals surface area contributed by atoms with Crippen molar-refractivity contribution in [2.45, 2.75) is 0 Å². The topological polar surface area (TPSA) is 105 Å². The van der Waals surface area contributed by atoms with Gasteiger partial charge in [-0.15, -0.1) is 0 Å². The van der Waals surface area contributed by atoms with Crippen molar-refractivity contribution in [1.29, 1.82) is 0 Å². The highest BCUT2D eigenvalue weighted by atomic mass is 32.3. The molecule has 1 aromatic carbocycles. The summed E-state index contributed by atoms with van der Waals surface area (Å²) >= 11 is 0. The lowest BCUT2D eigenvalue weighted by Gasteiger charge is -2.17. The average Bonchev–Trinajstić information content (AvgIpc) is 2.44. The molecule has 0 saturated carbocycles. The number of carbonyl (C=O) groups excluding carboxylic acids is 1. The van der Waals surface area contributed by atoms with E-state index in [2.05, 4.69) is 9.50 Å². The lowest BCUT2D eigenvalue weighted by molar-refractivity contribution is 0.0833. The van der Waals surface area contributed by atoms with Gasteiger partial charge >= 0.3 is 16.5 Å². The van der Waals surface area contributed by atoms with Crippen molar-refractivity contribution in [2.24, 2.45) is 0 Å². The lowest BCUT2D eigenvalue weighted by atomic mass is 10.3. The number of benzene rings is 1. The van der Waals surface area contributed by atoms with Gasteiger partial charge in [0.15, 0.2) is 0 Å². The fraction of sp³-hybridized carbons (Fsp3) is 0.417. The van der Waals surface area contributed by atoms with Gasteiger partial charge < -0.3 is 24.2 Å². The number of hydrogen-bond acceptors (Lipinski definition) is 6. The Kier molecular flexibility index (Phi) is 7.02. The highest BCUT2D eigenvalue weighted by molar-refractivity contribution is 7.81. The fourth-order valence-corrected chi connectivity index (χ4v) is 1.74. The van der Waals surface area contributed by atoms with Crippen molar-refractivity contribution in [3.05, 3.63) is 24.3 Å². The van der Waals surface area contributed by atoms with Crippen molar-refractivity contribution in [2.75, 3.05) is 38.7 Å². The number of anilines is 1. The summed E-state index contributed by atoms with van der Waals surface area (Å²) in [7, 11) is -3.51. The maximum atomic E-state index is 12.3. The first-order valence-electron chi connectivity index (χ1n) is 6.26. The molecular weight excluding hydrogens is 319 g/mol. The van der Waals surface area contributed by atoms with Crippen molar-refractivity contribution in [3.63, 3.8) is 0 Å². The zero-order valence-electron chi connectivity index (χ0n) is 11.9. The summed E-state index contributed by atoms with van der Waals surface area (Å²) in [5, 5.41) is 11.1. The van der Waals surface area contributed by atoms with Crippen LogP contribution in [-0.4, -0.2) is 57.9 Å². The van der Waals surface area contributed by atoms with Crippen molar-refractivity contribution in [3.8, 4) is 5.75 Å². The Balaban J connectivity index is 2.47. The number of hydrogen-bond donors (Lipinski definition) is 2. The van der Waals surface area contributed by atoms with E-state index in [1.807, 2.05) is 0 Å². The SMILES string of the molecule is CN(CCOCCO)C(=O)Nc1ccc(OS(=O)(=O)F)cc1. The second kappa shape index (κ2) is 8.51. The molecule has 0 spiro atoms. The van der Waals surface area contributed by atoms with E-state index < -0.39 is 16.5 Å². The first-order valence-corrected chi connectivity index (χ1v) is 7.57. The van der Waals surface area contributed by atoms with Crippen LogP contribution in [0.4, 0.5) is 14.4 Å². The Morgan fingerprint density at radius 3 is 2.50 bits per heavy atom. The number of carbonyl (C=O) groups is 1. The van der Waals surface area contributed by atoms with Gasteiger partial charge in [-0.1, -0.05) is 3.89 Å². The molecule has 0 aliphatic carbocycles. The van der Waals surface area contributed by atoms with Gasteiger partial charge in [0.25, 0.3) is 0 Å². The first kappa shape index (κ1) is 18.1. The molecule has 0 fully saturated rings. The predicted molar refractivity (Wildman–Crippen MR) is 76.7 cm³/mol. The summed E-state index contributed by atoms with van der Waals surface area (Å²) in [5.41, 5.74) is 0.386. The van der Waals surface area contributed by atoms with E-state index in [9.17, 15) is 17.1 Å². The lowest BCUT2D eigenvalue weighted by Crippen LogP contribution is -2.34. The number of nitrogens with one attached hydrogen (secondary N) is 1. The van der Waals surface area contributed by atoms with Gasteiger partial charge in [-0.05, 0) is 24.3 Å².